The summed E-state index contributed by atoms with van der Waals surface area (Å²) >= 11 is 3.34. The number of nitrogens with zero attached hydrogens (tertiary/aromatic N) is 2. The van der Waals surface area contributed by atoms with Crippen molar-refractivity contribution >= 4 is 27.6 Å². The fourth-order valence-electron chi connectivity index (χ4n) is 1.43. The summed E-state index contributed by atoms with van der Waals surface area (Å²) in [6, 6.07) is 7.43. The largest absolute Gasteiger partial charge is 0.468 e. The molecule has 0 aromatic heterocycles. The number of carbonyl (C=O) groups excluding carboxylic acids is 1. The third-order valence-corrected chi connectivity index (χ3v) is 2.76. The topological polar surface area (TPSA) is 53.3 Å². The molecule has 0 saturated heterocycles. The van der Waals surface area contributed by atoms with Crippen LogP contribution >= 0.6 is 15.9 Å². The second-order valence-corrected chi connectivity index (χ2v) is 4.32. The van der Waals surface area contributed by atoms with Crippen LogP contribution in [0.2, 0.25) is 0 Å². The first-order valence-electron chi connectivity index (χ1n) is 5.13. The zero-order valence-electron chi connectivity index (χ0n) is 9.74. The lowest BCUT2D eigenvalue weighted by atomic mass is 10.2. The van der Waals surface area contributed by atoms with Gasteiger partial charge >= 0.3 is 5.97 Å². The van der Waals surface area contributed by atoms with Crippen LogP contribution in [0.25, 0.3) is 0 Å². The summed E-state index contributed by atoms with van der Waals surface area (Å²) in [5, 5.41) is 8.89. The van der Waals surface area contributed by atoms with Gasteiger partial charge in [0.05, 0.1) is 18.7 Å². The number of esters is 1. The Morgan fingerprint density at radius 3 is 2.76 bits per heavy atom. The van der Waals surface area contributed by atoms with Crippen molar-refractivity contribution in [1.29, 1.82) is 5.26 Å². The fraction of sp³-hybridized carbons (Fsp3) is 0.333. The van der Waals surface area contributed by atoms with Crippen molar-refractivity contribution in [1.82, 2.24) is 0 Å². The minimum absolute atomic E-state index is 0.175. The number of ether oxygens (including phenoxy) is 1. The molecule has 0 unspecified atom stereocenters. The molecule has 0 saturated carbocycles. The molecule has 5 heteroatoms. The van der Waals surface area contributed by atoms with E-state index in [1.165, 1.54) is 7.11 Å². The zero-order chi connectivity index (χ0) is 12.8. The van der Waals surface area contributed by atoms with Gasteiger partial charge in [-0.25, -0.2) is 0 Å². The lowest BCUT2D eigenvalue weighted by Crippen LogP contribution is -2.30. The maximum atomic E-state index is 11.3. The van der Waals surface area contributed by atoms with E-state index in [2.05, 4.69) is 26.7 Å². The number of methoxy groups -OCH3 is 1. The van der Waals surface area contributed by atoms with Crippen molar-refractivity contribution < 1.29 is 9.53 Å². The molecule has 0 heterocycles. The summed E-state index contributed by atoms with van der Waals surface area (Å²) in [4.78, 5) is 13.1. The lowest BCUT2D eigenvalue weighted by molar-refractivity contribution is -0.138. The number of benzene rings is 1. The maximum absolute atomic E-state index is 11.3. The summed E-state index contributed by atoms with van der Waals surface area (Å²) in [6.07, 6.45) is 0. The quantitative estimate of drug-likeness (QED) is 0.800. The molecule has 0 radical (unpaired) electrons. The van der Waals surface area contributed by atoms with Gasteiger partial charge in [0.2, 0.25) is 0 Å². The van der Waals surface area contributed by atoms with Crippen molar-refractivity contribution in [3.63, 3.8) is 0 Å². The summed E-state index contributed by atoms with van der Waals surface area (Å²) in [6.45, 7) is 2.78. The molecular weight excluding hydrogens is 284 g/mol. The number of likely N-dealkylation sites (N-methyl/N-ethyl adjacent to an activating group) is 1. The van der Waals surface area contributed by atoms with Gasteiger partial charge in [-0.15, -0.1) is 0 Å². The molecule has 0 aliphatic rings. The van der Waals surface area contributed by atoms with Gasteiger partial charge in [-0.2, -0.15) is 5.26 Å². The van der Waals surface area contributed by atoms with E-state index in [4.69, 9.17) is 5.26 Å². The van der Waals surface area contributed by atoms with Crippen molar-refractivity contribution in [2.75, 3.05) is 25.1 Å². The first kappa shape index (κ1) is 13.5. The number of halogens is 1. The van der Waals surface area contributed by atoms with Crippen molar-refractivity contribution in [3.05, 3.63) is 28.2 Å². The van der Waals surface area contributed by atoms with E-state index in [-0.39, 0.29) is 12.5 Å². The highest BCUT2D eigenvalue weighted by atomic mass is 79.9. The fourth-order valence-corrected chi connectivity index (χ4v) is 1.91. The average molecular weight is 297 g/mol. The van der Waals surface area contributed by atoms with Gasteiger partial charge in [-0.3, -0.25) is 4.79 Å². The van der Waals surface area contributed by atoms with Gasteiger partial charge in [-0.1, -0.05) is 15.9 Å². The third kappa shape index (κ3) is 3.75. The molecule has 4 nitrogen and oxygen atoms in total. The minimum atomic E-state index is -0.301. The zero-order valence-corrected chi connectivity index (χ0v) is 11.3. The van der Waals surface area contributed by atoms with Gasteiger partial charge in [0, 0.05) is 16.7 Å². The van der Waals surface area contributed by atoms with Gasteiger partial charge in [0.25, 0.3) is 0 Å². The van der Waals surface area contributed by atoms with Crippen molar-refractivity contribution in [2.24, 2.45) is 0 Å². The summed E-state index contributed by atoms with van der Waals surface area (Å²) in [5.74, 6) is -0.301. The first-order chi connectivity index (χ1) is 8.10. The van der Waals surface area contributed by atoms with Crippen LogP contribution in [0, 0.1) is 11.3 Å². The Morgan fingerprint density at radius 1 is 1.53 bits per heavy atom. The molecule has 0 aliphatic heterocycles. The monoisotopic (exact) mass is 296 g/mol. The molecule has 1 aromatic rings. The standard InChI is InChI=1S/C12H13BrN2O2/c1-3-15(8-12(16)17-2)11-5-9(7-14)4-10(13)6-11/h4-6H,3,8H2,1-2H3. The minimum Gasteiger partial charge on any atom is -0.468 e. The Labute approximate surface area is 109 Å². The van der Waals surface area contributed by atoms with Crippen molar-refractivity contribution in [3.8, 4) is 6.07 Å². The second-order valence-electron chi connectivity index (χ2n) is 3.40. The lowest BCUT2D eigenvalue weighted by Gasteiger charge is -2.22. The normalized spacial score (nSPS) is 9.53. The Bertz CT molecular complexity index is 454. The van der Waals surface area contributed by atoms with E-state index in [9.17, 15) is 4.79 Å². The van der Waals surface area contributed by atoms with E-state index in [1.54, 1.807) is 12.1 Å². The van der Waals surface area contributed by atoms with Gasteiger partial charge in [-0.05, 0) is 25.1 Å². The van der Waals surface area contributed by atoms with Crippen LogP contribution in [-0.4, -0.2) is 26.2 Å². The summed E-state index contributed by atoms with van der Waals surface area (Å²) < 4.78 is 5.45. The Hall–Kier alpha value is -1.54. The SMILES string of the molecule is CCN(CC(=O)OC)c1cc(Br)cc(C#N)c1. The molecule has 0 bridgehead atoms. The van der Waals surface area contributed by atoms with Gasteiger partial charge < -0.3 is 9.64 Å². The smallest absolute Gasteiger partial charge is 0.325 e. The summed E-state index contributed by atoms with van der Waals surface area (Å²) in [5.41, 5.74) is 1.38. The highest BCUT2D eigenvalue weighted by Gasteiger charge is 2.11. The Morgan fingerprint density at radius 2 is 2.24 bits per heavy atom. The summed E-state index contributed by atoms with van der Waals surface area (Å²) in [7, 11) is 1.36. The molecule has 0 amide bonds. The van der Waals surface area contributed by atoms with Crippen LogP contribution in [0.5, 0.6) is 0 Å². The Balaban J connectivity index is 2.99. The number of rotatable bonds is 4. The number of hydrogen-bond acceptors (Lipinski definition) is 4. The molecule has 0 fully saturated rings. The highest BCUT2D eigenvalue weighted by Crippen LogP contribution is 2.22. The van der Waals surface area contributed by atoms with Crippen LogP contribution in [-0.2, 0) is 9.53 Å². The van der Waals surface area contributed by atoms with E-state index in [1.807, 2.05) is 17.9 Å². The third-order valence-electron chi connectivity index (χ3n) is 2.31. The van der Waals surface area contributed by atoms with E-state index >= 15 is 0 Å². The van der Waals surface area contributed by atoms with E-state index in [0.29, 0.717) is 12.1 Å². The number of carbonyl (C=O) groups is 1. The van der Waals surface area contributed by atoms with E-state index in [0.717, 1.165) is 10.2 Å². The van der Waals surface area contributed by atoms with Gasteiger partial charge in [0.15, 0.2) is 0 Å². The van der Waals surface area contributed by atoms with Crippen LogP contribution in [0.3, 0.4) is 0 Å². The maximum Gasteiger partial charge on any atom is 0.325 e. The Kier molecular flexibility index (Phi) is 4.98. The van der Waals surface area contributed by atoms with Crippen LogP contribution < -0.4 is 4.90 Å². The average Bonchev–Trinajstić information content (AvgIpc) is 2.34. The molecule has 0 aliphatic carbocycles. The molecule has 90 valence electrons. The van der Waals surface area contributed by atoms with Crippen LogP contribution in [0.4, 0.5) is 5.69 Å². The first-order valence-corrected chi connectivity index (χ1v) is 5.92. The van der Waals surface area contributed by atoms with Gasteiger partial charge in [0.1, 0.15) is 6.54 Å². The molecule has 17 heavy (non-hydrogen) atoms. The molecule has 0 N–H and O–H groups in total. The van der Waals surface area contributed by atoms with Crippen LogP contribution in [0.15, 0.2) is 22.7 Å². The second kappa shape index (κ2) is 6.26. The molecule has 0 spiro atoms. The molecule has 0 atom stereocenters. The van der Waals surface area contributed by atoms with Crippen molar-refractivity contribution in [2.45, 2.75) is 6.92 Å². The highest BCUT2D eigenvalue weighted by molar-refractivity contribution is 9.10. The molecule has 1 rings (SSSR count). The molecular formula is C12H13BrN2O2. The number of hydrogen-bond donors (Lipinski definition) is 0. The van der Waals surface area contributed by atoms with Crippen LogP contribution in [0.1, 0.15) is 12.5 Å². The number of nitriles is 1. The molecule has 1 aromatic carbocycles. The predicted molar refractivity (Wildman–Crippen MR) is 68.8 cm³/mol. The van der Waals surface area contributed by atoms with E-state index < -0.39 is 0 Å². The number of anilines is 1. The predicted octanol–water partition coefficient (Wildman–Crippen LogP) is 2.32.